The Morgan fingerprint density at radius 2 is 2.05 bits per heavy atom. The van der Waals surface area contributed by atoms with Gasteiger partial charge in [-0.2, -0.15) is 0 Å². The fourth-order valence-corrected chi connectivity index (χ4v) is 1.89. The molecule has 110 valence electrons. The molecule has 0 atom stereocenters. The summed E-state index contributed by atoms with van der Waals surface area (Å²) in [6, 6.07) is 5.86. The van der Waals surface area contributed by atoms with Crippen LogP contribution in [0.4, 0.5) is 5.69 Å². The monoisotopic (exact) mass is 325 g/mol. The van der Waals surface area contributed by atoms with E-state index in [0.717, 1.165) is 29.2 Å². The number of nitrogens with zero attached hydrogens (tertiary/aromatic N) is 1. The lowest BCUT2D eigenvalue weighted by Crippen LogP contribution is -2.06. The zero-order valence-corrected chi connectivity index (χ0v) is 13.5. The van der Waals surface area contributed by atoms with E-state index in [0.29, 0.717) is 11.7 Å². The van der Waals surface area contributed by atoms with E-state index in [1.807, 2.05) is 25.1 Å². The Balaban J connectivity index is 0. The highest BCUT2D eigenvalue weighted by Crippen LogP contribution is 2.29. The van der Waals surface area contributed by atoms with Crippen LogP contribution in [0.1, 0.15) is 12.5 Å². The Morgan fingerprint density at radius 3 is 2.58 bits per heavy atom. The van der Waals surface area contributed by atoms with Crippen LogP contribution in [0.2, 0.25) is 0 Å². The fourth-order valence-electron chi connectivity index (χ4n) is 1.44. The highest BCUT2D eigenvalue weighted by atomic mass is 35.5. The summed E-state index contributed by atoms with van der Waals surface area (Å²) in [6.07, 6.45) is 0.833. The number of thioether (sulfide) groups is 1. The molecule has 0 unspecified atom stereocenters. The minimum atomic E-state index is 0. The molecular formula is C12H21Cl2N3OS. The van der Waals surface area contributed by atoms with Crippen LogP contribution in [0.5, 0.6) is 5.75 Å². The van der Waals surface area contributed by atoms with Gasteiger partial charge in [-0.25, -0.2) is 4.99 Å². The van der Waals surface area contributed by atoms with Crippen molar-refractivity contribution in [3.05, 3.63) is 23.8 Å². The van der Waals surface area contributed by atoms with Crippen molar-refractivity contribution >= 4 is 47.4 Å². The average Bonchev–Trinajstić information content (AvgIpc) is 2.31. The average molecular weight is 326 g/mol. The quantitative estimate of drug-likeness (QED) is 0.644. The van der Waals surface area contributed by atoms with Gasteiger partial charge in [0.15, 0.2) is 5.17 Å². The molecule has 0 aliphatic rings. The first-order chi connectivity index (χ1) is 8.21. The van der Waals surface area contributed by atoms with Crippen LogP contribution in [0.15, 0.2) is 23.2 Å². The first-order valence-electron chi connectivity index (χ1n) is 5.55. The number of hydrogen-bond donors (Lipinski definition) is 2. The molecule has 19 heavy (non-hydrogen) atoms. The highest BCUT2D eigenvalue weighted by molar-refractivity contribution is 8.13. The van der Waals surface area contributed by atoms with Gasteiger partial charge in [-0.1, -0.05) is 24.8 Å². The smallest absolute Gasteiger partial charge is 0.159 e. The van der Waals surface area contributed by atoms with Gasteiger partial charge in [-0.3, -0.25) is 0 Å². The second-order valence-corrected chi connectivity index (χ2v) is 4.71. The van der Waals surface area contributed by atoms with E-state index in [2.05, 4.69) is 4.99 Å². The van der Waals surface area contributed by atoms with E-state index in [9.17, 15) is 0 Å². The number of halogens is 2. The molecule has 7 heteroatoms. The van der Waals surface area contributed by atoms with Crippen molar-refractivity contribution in [1.29, 1.82) is 0 Å². The number of rotatable bonds is 5. The standard InChI is InChI=1S/C12H19N3OS.2ClH/c1-3-17-12(14)15-10-5-4-9(6-7-13)8-11(10)16-2;;/h4-5,8H,3,6-7,13H2,1-2H3,(H2,14,15);2*1H. The molecule has 4 N–H and O–H groups in total. The summed E-state index contributed by atoms with van der Waals surface area (Å²) in [5, 5.41) is 0.553. The van der Waals surface area contributed by atoms with E-state index in [1.165, 1.54) is 11.8 Å². The van der Waals surface area contributed by atoms with Gasteiger partial charge in [-0.15, -0.1) is 24.8 Å². The van der Waals surface area contributed by atoms with Gasteiger partial charge in [0.2, 0.25) is 0 Å². The molecule has 1 aromatic carbocycles. The summed E-state index contributed by atoms with van der Waals surface area (Å²) in [5.41, 5.74) is 13.2. The lowest BCUT2D eigenvalue weighted by Gasteiger charge is -2.07. The van der Waals surface area contributed by atoms with E-state index >= 15 is 0 Å². The molecule has 0 saturated carbocycles. The summed E-state index contributed by atoms with van der Waals surface area (Å²) in [5.74, 6) is 1.64. The molecule has 1 rings (SSSR count). The topological polar surface area (TPSA) is 73.6 Å². The van der Waals surface area contributed by atoms with Crippen LogP contribution in [-0.2, 0) is 6.42 Å². The van der Waals surface area contributed by atoms with Crippen molar-refractivity contribution in [2.75, 3.05) is 19.4 Å². The molecule has 0 fully saturated rings. The Hall–Kier alpha value is -0.620. The van der Waals surface area contributed by atoms with Crippen molar-refractivity contribution in [1.82, 2.24) is 0 Å². The second kappa shape index (κ2) is 11.2. The van der Waals surface area contributed by atoms with Gasteiger partial charge in [0.1, 0.15) is 11.4 Å². The van der Waals surface area contributed by atoms with Crippen molar-refractivity contribution in [3.63, 3.8) is 0 Å². The molecule has 0 amide bonds. The number of amidine groups is 1. The van der Waals surface area contributed by atoms with Crippen LogP contribution in [0.3, 0.4) is 0 Å². The molecule has 0 heterocycles. The van der Waals surface area contributed by atoms with Gasteiger partial charge < -0.3 is 16.2 Å². The summed E-state index contributed by atoms with van der Waals surface area (Å²) < 4.78 is 5.30. The lowest BCUT2D eigenvalue weighted by atomic mass is 10.1. The predicted molar refractivity (Wildman–Crippen MR) is 89.7 cm³/mol. The van der Waals surface area contributed by atoms with Gasteiger partial charge in [0, 0.05) is 0 Å². The van der Waals surface area contributed by atoms with Crippen molar-refractivity contribution < 1.29 is 4.74 Å². The third kappa shape index (κ3) is 6.92. The summed E-state index contributed by atoms with van der Waals surface area (Å²) >= 11 is 1.51. The Labute approximate surface area is 131 Å². The SMILES string of the molecule is CCSC(N)=Nc1ccc(CCN)cc1OC.Cl.Cl. The number of methoxy groups -OCH3 is 1. The normalized spacial score (nSPS) is 10.4. The van der Waals surface area contributed by atoms with Gasteiger partial charge in [0.05, 0.1) is 7.11 Å². The van der Waals surface area contributed by atoms with Crippen molar-refractivity contribution in [2.45, 2.75) is 13.3 Å². The van der Waals surface area contributed by atoms with Gasteiger partial charge >= 0.3 is 0 Å². The van der Waals surface area contributed by atoms with E-state index in [4.69, 9.17) is 16.2 Å². The molecule has 0 aliphatic heterocycles. The van der Waals surface area contributed by atoms with Crippen LogP contribution < -0.4 is 16.2 Å². The van der Waals surface area contributed by atoms with Gasteiger partial charge in [-0.05, 0) is 36.4 Å². The van der Waals surface area contributed by atoms with Gasteiger partial charge in [0.25, 0.3) is 0 Å². The molecule has 0 spiro atoms. The molecular weight excluding hydrogens is 305 g/mol. The van der Waals surface area contributed by atoms with Crippen LogP contribution >= 0.6 is 36.6 Å². The van der Waals surface area contributed by atoms with Crippen molar-refractivity contribution in [3.8, 4) is 5.75 Å². The maximum atomic E-state index is 5.77. The number of ether oxygens (including phenoxy) is 1. The molecule has 0 aromatic heterocycles. The largest absolute Gasteiger partial charge is 0.494 e. The van der Waals surface area contributed by atoms with E-state index < -0.39 is 0 Å². The molecule has 4 nitrogen and oxygen atoms in total. The molecule has 0 radical (unpaired) electrons. The molecule has 0 bridgehead atoms. The summed E-state index contributed by atoms with van der Waals surface area (Å²) in [4.78, 5) is 4.32. The van der Waals surface area contributed by atoms with Crippen LogP contribution in [0, 0.1) is 0 Å². The Kier molecular flexibility index (Phi) is 12.2. The Morgan fingerprint density at radius 1 is 1.37 bits per heavy atom. The van der Waals surface area contributed by atoms with E-state index in [-0.39, 0.29) is 24.8 Å². The van der Waals surface area contributed by atoms with Crippen LogP contribution in [-0.4, -0.2) is 24.6 Å². The number of aliphatic imine (C=N–C) groups is 1. The summed E-state index contributed by atoms with van der Waals surface area (Å²) in [7, 11) is 1.63. The highest BCUT2D eigenvalue weighted by Gasteiger charge is 2.04. The third-order valence-corrected chi connectivity index (χ3v) is 2.88. The maximum Gasteiger partial charge on any atom is 0.159 e. The summed E-state index contributed by atoms with van der Waals surface area (Å²) in [6.45, 7) is 2.66. The molecule has 0 aliphatic carbocycles. The first-order valence-corrected chi connectivity index (χ1v) is 6.53. The number of benzene rings is 1. The number of hydrogen-bond acceptors (Lipinski definition) is 4. The van der Waals surface area contributed by atoms with Crippen molar-refractivity contribution in [2.24, 2.45) is 16.5 Å². The fraction of sp³-hybridized carbons (Fsp3) is 0.417. The zero-order valence-electron chi connectivity index (χ0n) is 11.1. The molecule has 0 saturated heterocycles. The molecule has 1 aromatic rings. The maximum absolute atomic E-state index is 5.77. The first kappa shape index (κ1) is 20.7. The Bertz CT molecular complexity index is 403. The lowest BCUT2D eigenvalue weighted by molar-refractivity contribution is 0.415. The third-order valence-electron chi connectivity index (χ3n) is 2.20. The second-order valence-electron chi connectivity index (χ2n) is 3.43. The zero-order chi connectivity index (χ0) is 12.7. The van der Waals surface area contributed by atoms with Crippen LogP contribution in [0.25, 0.3) is 0 Å². The minimum Gasteiger partial charge on any atom is -0.494 e. The van der Waals surface area contributed by atoms with E-state index in [1.54, 1.807) is 7.11 Å². The minimum absolute atomic E-state index is 0. The predicted octanol–water partition coefficient (Wildman–Crippen LogP) is 2.74. The number of nitrogens with two attached hydrogens (primary N) is 2.